The van der Waals surface area contributed by atoms with Crippen molar-refractivity contribution in [3.63, 3.8) is 0 Å². The summed E-state index contributed by atoms with van der Waals surface area (Å²) in [7, 11) is 0. The lowest BCUT2D eigenvalue weighted by atomic mass is 10.1. The maximum Gasteiger partial charge on any atom is 0.307 e. The van der Waals surface area contributed by atoms with Gasteiger partial charge in [0.25, 0.3) is 0 Å². The number of carbonyl (C=O) groups excluding carboxylic acids is 1. The minimum atomic E-state index is -0.930. The van der Waals surface area contributed by atoms with E-state index in [1.54, 1.807) is 26.0 Å². The molecule has 1 aliphatic carbocycles. The molecule has 102 valence electrons. The number of hydrogen-bond acceptors (Lipinski definition) is 2. The SMILES string of the molecule is Cc1ccc(NC(=O)[C@H]2[C@@H](C(=O)O)C2(C)C)c(Cl)c1. The largest absolute Gasteiger partial charge is 0.481 e. The molecule has 1 aliphatic rings. The Morgan fingerprint density at radius 1 is 1.32 bits per heavy atom. The van der Waals surface area contributed by atoms with Gasteiger partial charge in [-0.05, 0) is 30.0 Å². The van der Waals surface area contributed by atoms with Crippen molar-refractivity contribution in [1.82, 2.24) is 0 Å². The van der Waals surface area contributed by atoms with E-state index in [4.69, 9.17) is 16.7 Å². The molecule has 2 atom stereocenters. The van der Waals surface area contributed by atoms with Crippen LogP contribution in [-0.2, 0) is 9.59 Å². The van der Waals surface area contributed by atoms with E-state index in [1.165, 1.54) is 0 Å². The molecular weight excluding hydrogens is 266 g/mol. The summed E-state index contributed by atoms with van der Waals surface area (Å²) < 4.78 is 0. The van der Waals surface area contributed by atoms with Crippen LogP contribution in [0.25, 0.3) is 0 Å². The van der Waals surface area contributed by atoms with Crippen molar-refractivity contribution < 1.29 is 14.7 Å². The van der Waals surface area contributed by atoms with Gasteiger partial charge in [0.05, 0.1) is 22.5 Å². The number of hydrogen-bond donors (Lipinski definition) is 2. The molecule has 1 aromatic rings. The third kappa shape index (κ3) is 2.45. The molecule has 0 radical (unpaired) electrons. The smallest absolute Gasteiger partial charge is 0.307 e. The average Bonchev–Trinajstić information content (AvgIpc) is 2.86. The van der Waals surface area contributed by atoms with Crippen LogP contribution in [0.1, 0.15) is 19.4 Å². The fourth-order valence-electron chi connectivity index (χ4n) is 2.52. The molecule has 4 nitrogen and oxygen atoms in total. The van der Waals surface area contributed by atoms with E-state index in [2.05, 4.69) is 5.32 Å². The Labute approximate surface area is 116 Å². The van der Waals surface area contributed by atoms with Crippen LogP contribution in [0.15, 0.2) is 18.2 Å². The van der Waals surface area contributed by atoms with E-state index in [0.717, 1.165) is 5.56 Å². The Kier molecular flexibility index (Phi) is 3.31. The number of carboxylic acid groups (broad SMARTS) is 1. The molecule has 0 bridgehead atoms. The number of halogens is 1. The van der Waals surface area contributed by atoms with E-state index in [9.17, 15) is 9.59 Å². The number of amides is 1. The van der Waals surface area contributed by atoms with Crippen molar-refractivity contribution in [3.8, 4) is 0 Å². The number of carboxylic acids is 1. The summed E-state index contributed by atoms with van der Waals surface area (Å²) in [6.07, 6.45) is 0. The van der Waals surface area contributed by atoms with Crippen LogP contribution >= 0.6 is 11.6 Å². The van der Waals surface area contributed by atoms with Crippen molar-refractivity contribution in [3.05, 3.63) is 28.8 Å². The van der Waals surface area contributed by atoms with Gasteiger partial charge in [-0.2, -0.15) is 0 Å². The summed E-state index contributed by atoms with van der Waals surface area (Å²) in [6, 6.07) is 5.32. The molecule has 19 heavy (non-hydrogen) atoms. The lowest BCUT2D eigenvalue weighted by molar-refractivity contribution is -0.140. The third-order valence-electron chi connectivity index (χ3n) is 3.76. The second-order valence-corrected chi connectivity index (χ2v) is 5.99. The zero-order valence-electron chi connectivity index (χ0n) is 11.0. The molecule has 0 aliphatic heterocycles. The van der Waals surface area contributed by atoms with Gasteiger partial charge in [-0.25, -0.2) is 0 Å². The van der Waals surface area contributed by atoms with Crippen LogP contribution in [0.4, 0.5) is 5.69 Å². The van der Waals surface area contributed by atoms with Crippen LogP contribution < -0.4 is 5.32 Å². The molecular formula is C14H16ClNO3. The number of nitrogens with one attached hydrogen (secondary N) is 1. The van der Waals surface area contributed by atoms with Crippen molar-refractivity contribution in [2.45, 2.75) is 20.8 Å². The zero-order valence-corrected chi connectivity index (χ0v) is 11.8. The predicted molar refractivity (Wildman–Crippen MR) is 73.2 cm³/mol. The maximum atomic E-state index is 12.1. The molecule has 5 heteroatoms. The molecule has 1 aromatic carbocycles. The summed E-state index contributed by atoms with van der Waals surface area (Å²) in [6.45, 7) is 5.47. The van der Waals surface area contributed by atoms with E-state index >= 15 is 0 Å². The minimum absolute atomic E-state index is 0.289. The second-order valence-electron chi connectivity index (χ2n) is 5.59. The van der Waals surface area contributed by atoms with Gasteiger partial charge in [-0.15, -0.1) is 0 Å². The summed E-state index contributed by atoms with van der Waals surface area (Å²) in [5, 5.41) is 12.2. The van der Waals surface area contributed by atoms with Crippen LogP contribution in [0, 0.1) is 24.2 Å². The number of benzene rings is 1. The number of rotatable bonds is 3. The normalized spacial score (nSPS) is 23.8. The van der Waals surface area contributed by atoms with Gasteiger partial charge in [0, 0.05) is 0 Å². The molecule has 1 amide bonds. The Morgan fingerprint density at radius 3 is 2.42 bits per heavy atom. The minimum Gasteiger partial charge on any atom is -0.481 e. The molecule has 0 heterocycles. The van der Waals surface area contributed by atoms with Crippen LogP contribution in [-0.4, -0.2) is 17.0 Å². The highest BCUT2D eigenvalue weighted by molar-refractivity contribution is 6.33. The van der Waals surface area contributed by atoms with Gasteiger partial charge in [-0.3, -0.25) is 9.59 Å². The summed E-state index contributed by atoms with van der Waals surface area (Å²) >= 11 is 6.04. The first-order valence-electron chi connectivity index (χ1n) is 6.05. The first-order valence-corrected chi connectivity index (χ1v) is 6.42. The first-order chi connectivity index (χ1) is 8.75. The van der Waals surface area contributed by atoms with E-state index < -0.39 is 23.2 Å². The van der Waals surface area contributed by atoms with E-state index in [0.29, 0.717) is 10.7 Å². The van der Waals surface area contributed by atoms with E-state index in [-0.39, 0.29) is 5.91 Å². The van der Waals surface area contributed by atoms with Crippen molar-refractivity contribution in [2.24, 2.45) is 17.3 Å². The van der Waals surface area contributed by atoms with Gasteiger partial charge < -0.3 is 10.4 Å². The Morgan fingerprint density at radius 2 is 1.95 bits per heavy atom. The van der Waals surface area contributed by atoms with Gasteiger partial charge in [-0.1, -0.05) is 31.5 Å². The van der Waals surface area contributed by atoms with Crippen molar-refractivity contribution in [1.29, 1.82) is 0 Å². The predicted octanol–water partition coefficient (Wildman–Crippen LogP) is 2.94. The molecule has 0 saturated heterocycles. The van der Waals surface area contributed by atoms with Gasteiger partial charge in [0.2, 0.25) is 5.91 Å². The van der Waals surface area contributed by atoms with Crippen molar-refractivity contribution in [2.75, 3.05) is 5.32 Å². The number of carbonyl (C=O) groups is 2. The Bertz CT molecular complexity index is 554. The van der Waals surface area contributed by atoms with Crippen LogP contribution in [0.2, 0.25) is 5.02 Å². The molecule has 1 fully saturated rings. The molecule has 0 unspecified atom stereocenters. The second kappa shape index (κ2) is 4.53. The number of aryl methyl sites for hydroxylation is 1. The van der Waals surface area contributed by atoms with Crippen LogP contribution in [0.3, 0.4) is 0 Å². The summed E-state index contributed by atoms with van der Waals surface area (Å²) in [5.74, 6) is -2.36. The molecule has 2 N–H and O–H groups in total. The van der Waals surface area contributed by atoms with Crippen molar-refractivity contribution >= 4 is 29.2 Å². The highest BCUT2D eigenvalue weighted by atomic mass is 35.5. The number of aliphatic carboxylic acids is 1. The molecule has 0 spiro atoms. The summed E-state index contributed by atoms with van der Waals surface area (Å²) in [5.41, 5.74) is 1.01. The average molecular weight is 282 g/mol. The summed E-state index contributed by atoms with van der Waals surface area (Å²) in [4.78, 5) is 23.2. The monoisotopic (exact) mass is 281 g/mol. The van der Waals surface area contributed by atoms with E-state index in [1.807, 2.05) is 13.0 Å². The fourth-order valence-corrected chi connectivity index (χ4v) is 2.80. The lowest BCUT2D eigenvalue weighted by Crippen LogP contribution is -2.18. The van der Waals surface area contributed by atoms with Gasteiger partial charge in [0.15, 0.2) is 0 Å². The number of anilines is 1. The van der Waals surface area contributed by atoms with Gasteiger partial charge >= 0.3 is 5.97 Å². The third-order valence-corrected chi connectivity index (χ3v) is 4.07. The Hall–Kier alpha value is -1.55. The fraction of sp³-hybridized carbons (Fsp3) is 0.429. The van der Waals surface area contributed by atoms with Gasteiger partial charge in [0.1, 0.15) is 0 Å². The highest BCUT2D eigenvalue weighted by Gasteiger charge is 2.65. The Balaban J connectivity index is 2.13. The zero-order chi connectivity index (χ0) is 14.4. The highest BCUT2D eigenvalue weighted by Crippen LogP contribution is 2.58. The first kappa shape index (κ1) is 13.9. The maximum absolute atomic E-state index is 12.1. The standard InChI is InChI=1S/C14H16ClNO3/c1-7-4-5-9(8(15)6-7)16-12(17)10-11(13(18)19)14(10,2)3/h4-6,10-11H,1-3H3,(H,16,17)(H,18,19)/t10-,11+/m1/s1. The lowest BCUT2D eigenvalue weighted by Gasteiger charge is -2.08. The quantitative estimate of drug-likeness (QED) is 0.895. The molecule has 0 aromatic heterocycles. The van der Waals surface area contributed by atoms with Crippen LogP contribution in [0.5, 0.6) is 0 Å². The molecule has 2 rings (SSSR count). The molecule has 1 saturated carbocycles. The topological polar surface area (TPSA) is 66.4 Å².